The Kier molecular flexibility index (Phi) is 9.31. The number of esters is 1. The lowest BCUT2D eigenvalue weighted by Crippen LogP contribution is -2.31. The number of rotatable bonds is 11. The van der Waals surface area contributed by atoms with Gasteiger partial charge in [0, 0.05) is 31.1 Å². The van der Waals surface area contributed by atoms with Crippen LogP contribution in [0.2, 0.25) is 0 Å². The van der Waals surface area contributed by atoms with Gasteiger partial charge in [0.2, 0.25) is 0 Å². The average Bonchev–Trinajstić information content (AvgIpc) is 3.18. The lowest BCUT2D eigenvalue weighted by atomic mass is 9.83. The number of benzene rings is 2. The van der Waals surface area contributed by atoms with Gasteiger partial charge in [-0.25, -0.2) is 4.39 Å². The molecule has 0 amide bonds. The van der Waals surface area contributed by atoms with Crippen LogP contribution in [-0.2, 0) is 25.4 Å². The Bertz CT molecular complexity index is 1190. The summed E-state index contributed by atoms with van der Waals surface area (Å²) in [6, 6.07) is 6.30. The third-order valence-corrected chi connectivity index (χ3v) is 6.86. The van der Waals surface area contributed by atoms with Crippen molar-refractivity contribution in [3.8, 4) is 22.6 Å². The van der Waals surface area contributed by atoms with E-state index in [1.165, 1.54) is 12.1 Å². The van der Waals surface area contributed by atoms with Crippen molar-refractivity contribution in [1.29, 1.82) is 0 Å². The van der Waals surface area contributed by atoms with Gasteiger partial charge in [0.1, 0.15) is 24.1 Å². The molecule has 2 aromatic rings. The van der Waals surface area contributed by atoms with E-state index >= 15 is 0 Å². The van der Waals surface area contributed by atoms with Crippen LogP contribution in [0.4, 0.5) is 4.39 Å². The highest BCUT2D eigenvalue weighted by atomic mass is 19.1. The zero-order valence-corrected chi connectivity index (χ0v) is 23.4. The molecule has 1 fully saturated rings. The van der Waals surface area contributed by atoms with Gasteiger partial charge in [0.05, 0.1) is 32.3 Å². The minimum Gasteiger partial charge on any atom is -0.487 e. The molecule has 2 aliphatic heterocycles. The fourth-order valence-electron chi connectivity index (χ4n) is 5.26. The first-order valence-corrected chi connectivity index (χ1v) is 13.5. The topological polar surface area (TPSA) is 83.5 Å². The van der Waals surface area contributed by atoms with Crippen molar-refractivity contribution in [3.05, 3.63) is 52.8 Å². The number of aliphatic hydroxyl groups is 1. The first kappa shape index (κ1) is 29.1. The number of cyclic esters (lactones) is 1. The van der Waals surface area contributed by atoms with Crippen LogP contribution in [0.5, 0.6) is 11.5 Å². The monoisotopic (exact) mass is 542 g/mol. The highest BCUT2D eigenvalue weighted by molar-refractivity contribution is 5.87. The van der Waals surface area contributed by atoms with Gasteiger partial charge in [-0.05, 0) is 54.7 Å². The van der Waals surface area contributed by atoms with Crippen LogP contribution in [0, 0.1) is 5.82 Å². The van der Waals surface area contributed by atoms with Crippen LogP contribution < -0.4 is 9.47 Å². The van der Waals surface area contributed by atoms with Gasteiger partial charge in [0.15, 0.2) is 11.5 Å². The Hall–Kier alpha value is -2.94. The summed E-state index contributed by atoms with van der Waals surface area (Å²) in [4.78, 5) is 12.0. The molecule has 0 radical (unpaired) electrons. The Morgan fingerprint density at radius 2 is 1.87 bits per heavy atom. The molecule has 1 N–H and O–H groups in total. The van der Waals surface area contributed by atoms with Crippen LogP contribution in [0.1, 0.15) is 63.1 Å². The number of fused-ring (bicyclic) bond motifs is 1. The molecule has 7 nitrogen and oxygen atoms in total. The molecular weight excluding hydrogens is 503 g/mol. The summed E-state index contributed by atoms with van der Waals surface area (Å²) in [6.07, 6.45) is 3.48. The van der Waals surface area contributed by atoms with Gasteiger partial charge < -0.3 is 28.8 Å². The minimum atomic E-state index is -0.742. The van der Waals surface area contributed by atoms with E-state index in [-0.39, 0.29) is 24.8 Å². The van der Waals surface area contributed by atoms with Crippen LogP contribution >= 0.6 is 0 Å². The quantitative estimate of drug-likeness (QED) is 0.299. The molecule has 1 saturated heterocycles. The van der Waals surface area contributed by atoms with Crippen molar-refractivity contribution in [2.75, 3.05) is 33.5 Å². The van der Waals surface area contributed by atoms with Crippen molar-refractivity contribution in [1.82, 2.24) is 0 Å². The fourth-order valence-corrected chi connectivity index (χ4v) is 5.26. The Morgan fingerprint density at radius 3 is 2.54 bits per heavy atom. The molecule has 2 heterocycles. The predicted molar refractivity (Wildman–Crippen MR) is 147 cm³/mol. The molecule has 0 aromatic heterocycles. The molecule has 2 aliphatic rings. The van der Waals surface area contributed by atoms with E-state index in [2.05, 4.69) is 13.8 Å². The summed E-state index contributed by atoms with van der Waals surface area (Å²) in [5.41, 5.74) is 4.15. The number of hydrogen-bond donors (Lipinski definition) is 1. The molecule has 39 heavy (non-hydrogen) atoms. The highest BCUT2D eigenvalue weighted by Crippen LogP contribution is 2.53. The Labute approximate surface area is 229 Å². The van der Waals surface area contributed by atoms with E-state index < -0.39 is 23.8 Å². The largest absolute Gasteiger partial charge is 0.487 e. The first-order valence-electron chi connectivity index (χ1n) is 13.5. The molecule has 4 rings (SSSR count). The molecule has 2 atom stereocenters. The Balaban J connectivity index is 1.86. The summed E-state index contributed by atoms with van der Waals surface area (Å²) < 4.78 is 43.0. The number of methoxy groups -OCH3 is 1. The molecule has 2 aromatic carbocycles. The fraction of sp³-hybridized carbons (Fsp3) is 0.516. The Morgan fingerprint density at radius 1 is 1.15 bits per heavy atom. The zero-order valence-electron chi connectivity index (χ0n) is 23.4. The van der Waals surface area contributed by atoms with E-state index in [1.807, 2.05) is 26.0 Å². The maximum absolute atomic E-state index is 14.0. The normalized spacial score (nSPS) is 20.3. The molecule has 0 aliphatic carbocycles. The number of halogens is 1. The van der Waals surface area contributed by atoms with Crippen molar-refractivity contribution < 1.29 is 38.0 Å². The second-order valence-corrected chi connectivity index (χ2v) is 11.0. The third kappa shape index (κ3) is 6.99. The maximum atomic E-state index is 14.0. The average molecular weight is 543 g/mol. The van der Waals surface area contributed by atoms with Crippen molar-refractivity contribution in [3.63, 3.8) is 0 Å². The van der Waals surface area contributed by atoms with Gasteiger partial charge in [-0.2, -0.15) is 0 Å². The van der Waals surface area contributed by atoms with E-state index in [0.29, 0.717) is 44.2 Å². The lowest BCUT2D eigenvalue weighted by Gasteiger charge is -2.25. The van der Waals surface area contributed by atoms with Gasteiger partial charge in [0.25, 0.3) is 0 Å². The molecule has 0 spiro atoms. The van der Waals surface area contributed by atoms with Crippen LogP contribution in [0.15, 0.2) is 30.3 Å². The number of hydrogen-bond acceptors (Lipinski definition) is 7. The zero-order chi connectivity index (χ0) is 28.2. The number of carbonyl (C=O) groups is 1. The summed E-state index contributed by atoms with van der Waals surface area (Å²) in [5.74, 6) is 0.628. The summed E-state index contributed by atoms with van der Waals surface area (Å²) in [6.45, 7) is 9.94. The van der Waals surface area contributed by atoms with E-state index in [4.69, 9.17) is 23.7 Å². The van der Waals surface area contributed by atoms with Crippen LogP contribution in [0.25, 0.3) is 17.2 Å². The second kappa shape index (κ2) is 12.5. The first-order chi connectivity index (χ1) is 18.6. The number of aliphatic hydroxyl groups excluding tert-OH is 1. The minimum absolute atomic E-state index is 0.00186. The molecule has 8 heteroatoms. The van der Waals surface area contributed by atoms with E-state index in [1.54, 1.807) is 19.2 Å². The van der Waals surface area contributed by atoms with Gasteiger partial charge >= 0.3 is 5.97 Å². The number of ether oxygens (including phenoxy) is 5. The van der Waals surface area contributed by atoms with Crippen LogP contribution in [-0.4, -0.2) is 62.4 Å². The van der Waals surface area contributed by atoms with Gasteiger partial charge in [-0.1, -0.05) is 32.1 Å². The van der Waals surface area contributed by atoms with Crippen molar-refractivity contribution in [2.45, 2.75) is 70.7 Å². The highest BCUT2D eigenvalue weighted by Gasteiger charge is 2.38. The molecule has 212 valence electrons. The van der Waals surface area contributed by atoms with Gasteiger partial charge in [-0.3, -0.25) is 4.79 Å². The molecule has 0 saturated carbocycles. The molecule has 2 unspecified atom stereocenters. The number of carbonyl (C=O) groups excluding carboxylic acids is 1. The van der Waals surface area contributed by atoms with E-state index in [0.717, 1.165) is 27.8 Å². The maximum Gasteiger partial charge on any atom is 0.309 e. The van der Waals surface area contributed by atoms with Crippen LogP contribution in [0.3, 0.4) is 0 Å². The summed E-state index contributed by atoms with van der Waals surface area (Å²) in [7, 11) is 1.62. The van der Waals surface area contributed by atoms with E-state index in [9.17, 15) is 14.3 Å². The van der Waals surface area contributed by atoms with Crippen molar-refractivity contribution in [2.24, 2.45) is 0 Å². The standard InChI is InChI=1S/C31H39FO7/c1-19(2)27-24(11-10-23-16-22(33)17-26(34)38-23)28(20-6-8-21(32)9-7-20)30(37-15-14-36-13-12-35-5)29-25(27)18-31(3,4)39-29/h6-11,19,22-23,33H,12-18H2,1-5H3/b11-10+. The molecule has 0 bridgehead atoms. The lowest BCUT2D eigenvalue weighted by molar-refractivity contribution is -0.156. The summed E-state index contributed by atoms with van der Waals surface area (Å²) >= 11 is 0. The third-order valence-electron chi connectivity index (χ3n) is 6.86. The van der Waals surface area contributed by atoms with Gasteiger partial charge in [-0.15, -0.1) is 0 Å². The summed E-state index contributed by atoms with van der Waals surface area (Å²) in [5, 5.41) is 10.1. The SMILES string of the molecule is COCCOCCOc1c2c(c(C(C)C)c(/C=C/C3CC(O)CC(=O)O3)c1-c1ccc(F)cc1)CC(C)(C)O2. The van der Waals surface area contributed by atoms with Crippen molar-refractivity contribution >= 4 is 12.0 Å². The molecular formula is C31H39FO7. The second-order valence-electron chi connectivity index (χ2n) is 11.0. The predicted octanol–water partition coefficient (Wildman–Crippen LogP) is 5.45. The smallest absolute Gasteiger partial charge is 0.309 e.